The lowest BCUT2D eigenvalue weighted by molar-refractivity contribution is -0.141. The summed E-state index contributed by atoms with van der Waals surface area (Å²) in [4.78, 5) is 34.1. The molecule has 0 unspecified atom stereocenters. The zero-order chi connectivity index (χ0) is 23.0. The smallest absolute Gasteiger partial charge is 0.325 e. The maximum Gasteiger partial charge on any atom is 0.325 e. The Labute approximate surface area is 180 Å². The summed E-state index contributed by atoms with van der Waals surface area (Å²) in [7, 11) is -3.80. The van der Waals surface area contributed by atoms with E-state index in [1.165, 1.54) is 45.4 Å². The molecule has 2 atom stereocenters. The lowest BCUT2D eigenvalue weighted by Crippen LogP contribution is -2.52. The number of hydrogen-bond donors (Lipinski definition) is 4. The average molecular weight is 450 g/mol. The molecule has 2 amide bonds. The zero-order valence-corrected chi connectivity index (χ0v) is 19.1. The highest BCUT2D eigenvalue weighted by Crippen LogP contribution is 2.11. The summed E-state index contributed by atoms with van der Waals surface area (Å²) in [5.74, 6) is -3.20. The first-order chi connectivity index (χ1) is 14.1. The SMILES string of the molecule is CCCCCCCCCCCCCS(=O)(=O)N[C@H](CC(N)=O)C(=O)N[C@@H](C)C(=O)O. The number of carbonyl (C=O) groups excluding carboxylic acids is 2. The Morgan fingerprint density at radius 1 is 0.900 bits per heavy atom. The van der Waals surface area contributed by atoms with Gasteiger partial charge in [0.25, 0.3) is 0 Å². The minimum atomic E-state index is -3.80. The molecule has 0 aromatic rings. The van der Waals surface area contributed by atoms with Gasteiger partial charge in [-0.1, -0.05) is 71.1 Å². The van der Waals surface area contributed by atoms with Gasteiger partial charge >= 0.3 is 5.97 Å². The third-order valence-corrected chi connectivity index (χ3v) is 6.26. The summed E-state index contributed by atoms with van der Waals surface area (Å²) < 4.78 is 26.7. The molecule has 10 heteroatoms. The van der Waals surface area contributed by atoms with Crippen molar-refractivity contribution in [2.24, 2.45) is 5.73 Å². The van der Waals surface area contributed by atoms with Crippen molar-refractivity contribution >= 4 is 27.8 Å². The molecule has 176 valence electrons. The van der Waals surface area contributed by atoms with Gasteiger partial charge < -0.3 is 16.2 Å². The number of sulfonamides is 1. The molecule has 0 heterocycles. The molecule has 0 aromatic carbocycles. The number of nitrogens with two attached hydrogens (primary N) is 1. The highest BCUT2D eigenvalue weighted by atomic mass is 32.2. The van der Waals surface area contributed by atoms with Crippen LogP contribution in [0.25, 0.3) is 0 Å². The van der Waals surface area contributed by atoms with Crippen LogP contribution in [0.1, 0.15) is 90.9 Å². The van der Waals surface area contributed by atoms with E-state index in [-0.39, 0.29) is 5.75 Å². The predicted octanol–water partition coefficient (Wildman–Crippen LogP) is 2.05. The molecule has 0 radical (unpaired) electrons. The van der Waals surface area contributed by atoms with Gasteiger partial charge in [0, 0.05) is 0 Å². The van der Waals surface area contributed by atoms with Crippen LogP contribution in [-0.2, 0) is 24.4 Å². The Hall–Kier alpha value is -1.68. The van der Waals surface area contributed by atoms with Crippen molar-refractivity contribution in [3.8, 4) is 0 Å². The third kappa shape index (κ3) is 15.2. The van der Waals surface area contributed by atoms with Gasteiger partial charge in [-0.15, -0.1) is 0 Å². The zero-order valence-electron chi connectivity index (χ0n) is 18.3. The van der Waals surface area contributed by atoms with Crippen LogP contribution in [0.2, 0.25) is 0 Å². The molecule has 5 N–H and O–H groups in total. The summed E-state index contributed by atoms with van der Waals surface area (Å²) >= 11 is 0. The molecule has 0 aliphatic rings. The fourth-order valence-corrected chi connectivity index (χ4v) is 4.32. The lowest BCUT2D eigenvalue weighted by atomic mass is 10.1. The van der Waals surface area contributed by atoms with Crippen molar-refractivity contribution in [1.82, 2.24) is 10.0 Å². The van der Waals surface area contributed by atoms with Crippen LogP contribution in [0, 0.1) is 0 Å². The van der Waals surface area contributed by atoms with Gasteiger partial charge in [-0.2, -0.15) is 0 Å². The standard InChI is InChI=1S/C20H39N3O6S/c1-3-4-5-6-7-8-9-10-11-12-13-14-30(28,29)23-17(15-18(21)24)19(25)22-16(2)20(26)27/h16-17,23H,3-15H2,1-2H3,(H2,21,24)(H,22,25)(H,26,27)/t16-,17+/m0/s1. The van der Waals surface area contributed by atoms with Crippen LogP contribution in [0.4, 0.5) is 0 Å². The lowest BCUT2D eigenvalue weighted by Gasteiger charge is -2.18. The summed E-state index contributed by atoms with van der Waals surface area (Å²) in [6, 6.07) is -2.65. The summed E-state index contributed by atoms with van der Waals surface area (Å²) in [6.07, 6.45) is 11.4. The quantitative estimate of drug-likeness (QED) is 0.221. The van der Waals surface area contributed by atoms with Crippen molar-refractivity contribution in [2.45, 2.75) is 103 Å². The van der Waals surface area contributed by atoms with Gasteiger partial charge in [-0.05, 0) is 13.3 Å². The third-order valence-electron chi connectivity index (χ3n) is 4.79. The van der Waals surface area contributed by atoms with Gasteiger partial charge in [0.15, 0.2) is 0 Å². The highest BCUT2D eigenvalue weighted by molar-refractivity contribution is 7.89. The van der Waals surface area contributed by atoms with Gasteiger partial charge in [-0.3, -0.25) is 14.4 Å². The fraction of sp³-hybridized carbons (Fsp3) is 0.850. The predicted molar refractivity (Wildman–Crippen MR) is 116 cm³/mol. The van der Waals surface area contributed by atoms with Crippen LogP contribution in [0.5, 0.6) is 0 Å². The molecule has 0 aromatic heterocycles. The minimum Gasteiger partial charge on any atom is -0.480 e. The normalized spacial score (nSPS) is 13.5. The number of aliphatic carboxylic acids is 1. The molecule has 0 saturated heterocycles. The molecule has 0 aliphatic carbocycles. The van der Waals surface area contributed by atoms with E-state index in [1.54, 1.807) is 0 Å². The van der Waals surface area contributed by atoms with Crippen molar-refractivity contribution < 1.29 is 27.9 Å². The molecular weight excluding hydrogens is 410 g/mol. The van der Waals surface area contributed by atoms with E-state index < -0.39 is 46.3 Å². The molecule has 0 fully saturated rings. The Morgan fingerprint density at radius 3 is 1.80 bits per heavy atom. The topological polar surface area (TPSA) is 156 Å². The van der Waals surface area contributed by atoms with Crippen LogP contribution < -0.4 is 15.8 Å². The Bertz CT molecular complexity index is 624. The van der Waals surface area contributed by atoms with Crippen LogP contribution in [-0.4, -0.2) is 49.1 Å². The molecule has 0 spiro atoms. The van der Waals surface area contributed by atoms with Gasteiger partial charge in [0.05, 0.1) is 12.2 Å². The number of unbranched alkanes of at least 4 members (excludes halogenated alkanes) is 10. The molecular formula is C20H39N3O6S. The Kier molecular flexibility index (Phi) is 15.2. The Morgan fingerprint density at radius 2 is 1.37 bits per heavy atom. The maximum absolute atomic E-state index is 12.2. The van der Waals surface area contributed by atoms with Crippen molar-refractivity contribution in [3.05, 3.63) is 0 Å². The second-order valence-electron chi connectivity index (χ2n) is 7.76. The van der Waals surface area contributed by atoms with Crippen LogP contribution in [0.3, 0.4) is 0 Å². The maximum atomic E-state index is 12.2. The van der Waals surface area contributed by atoms with Gasteiger partial charge in [0.1, 0.15) is 12.1 Å². The van der Waals surface area contributed by atoms with E-state index in [2.05, 4.69) is 17.0 Å². The van der Waals surface area contributed by atoms with Crippen LogP contribution in [0.15, 0.2) is 0 Å². The first kappa shape index (κ1) is 28.3. The fourth-order valence-electron chi connectivity index (χ4n) is 3.00. The van der Waals surface area contributed by atoms with E-state index in [4.69, 9.17) is 10.8 Å². The second kappa shape index (κ2) is 16.1. The minimum absolute atomic E-state index is 0.166. The largest absolute Gasteiger partial charge is 0.480 e. The molecule has 0 bridgehead atoms. The van der Waals surface area contributed by atoms with Crippen LogP contribution >= 0.6 is 0 Å². The first-order valence-corrected chi connectivity index (χ1v) is 12.6. The van der Waals surface area contributed by atoms with E-state index >= 15 is 0 Å². The number of carboxylic acid groups (broad SMARTS) is 1. The number of carbonyl (C=O) groups is 3. The number of primary amides is 1. The van der Waals surface area contributed by atoms with Crippen molar-refractivity contribution in [1.29, 1.82) is 0 Å². The Balaban J connectivity index is 4.24. The summed E-state index contributed by atoms with van der Waals surface area (Å²) in [5.41, 5.74) is 5.08. The molecule has 0 aliphatic heterocycles. The van der Waals surface area contributed by atoms with E-state index in [0.29, 0.717) is 6.42 Å². The van der Waals surface area contributed by atoms with E-state index in [9.17, 15) is 22.8 Å². The van der Waals surface area contributed by atoms with E-state index in [1.807, 2.05) is 0 Å². The molecule has 9 nitrogen and oxygen atoms in total. The number of rotatable bonds is 19. The average Bonchev–Trinajstić information content (AvgIpc) is 2.64. The molecule has 0 saturated carbocycles. The first-order valence-electron chi connectivity index (χ1n) is 10.9. The van der Waals surface area contributed by atoms with Crippen molar-refractivity contribution in [3.63, 3.8) is 0 Å². The van der Waals surface area contributed by atoms with E-state index in [0.717, 1.165) is 25.7 Å². The van der Waals surface area contributed by atoms with Gasteiger partial charge in [0.2, 0.25) is 21.8 Å². The number of carboxylic acids is 1. The second-order valence-corrected chi connectivity index (χ2v) is 9.64. The monoisotopic (exact) mass is 449 g/mol. The highest BCUT2D eigenvalue weighted by Gasteiger charge is 2.28. The molecule has 30 heavy (non-hydrogen) atoms. The number of hydrogen-bond acceptors (Lipinski definition) is 5. The number of amides is 2. The number of nitrogens with one attached hydrogen (secondary N) is 2. The summed E-state index contributed by atoms with van der Waals surface area (Å²) in [6.45, 7) is 3.43. The van der Waals surface area contributed by atoms with Crippen molar-refractivity contribution in [2.75, 3.05) is 5.75 Å². The summed E-state index contributed by atoms with van der Waals surface area (Å²) in [5, 5.41) is 11.0. The van der Waals surface area contributed by atoms with Gasteiger partial charge in [-0.25, -0.2) is 13.1 Å². The molecule has 0 rings (SSSR count).